The zero-order valence-electron chi connectivity index (χ0n) is 12.3. The summed E-state index contributed by atoms with van der Waals surface area (Å²) in [5.74, 6) is -1.15. The number of carboxylic acids is 1. The van der Waals surface area contributed by atoms with E-state index in [4.69, 9.17) is 5.11 Å². The summed E-state index contributed by atoms with van der Waals surface area (Å²) in [6.07, 6.45) is 2.54. The number of likely N-dealkylation sites (tertiary alicyclic amines) is 1. The van der Waals surface area contributed by atoms with Crippen LogP contribution in [-0.4, -0.2) is 41.4 Å². The van der Waals surface area contributed by atoms with E-state index in [2.05, 4.69) is 4.90 Å². The molecule has 0 amide bonds. The molecule has 1 aliphatic heterocycles. The Labute approximate surface area is 135 Å². The van der Waals surface area contributed by atoms with Gasteiger partial charge in [0.1, 0.15) is 5.82 Å². The SMILES string of the molecule is Cl.O=C(O)CCCN1CCCC(C(=O)c2ccc(F)cc2)C1. The number of nitrogens with zero attached hydrogens (tertiary/aromatic N) is 1. The van der Waals surface area contributed by atoms with Crippen LogP contribution in [0.2, 0.25) is 0 Å². The Kier molecular flexibility index (Phi) is 7.48. The van der Waals surface area contributed by atoms with Crippen molar-refractivity contribution in [2.75, 3.05) is 19.6 Å². The average Bonchev–Trinajstić information content (AvgIpc) is 2.47. The van der Waals surface area contributed by atoms with Crippen molar-refractivity contribution < 1.29 is 19.1 Å². The third kappa shape index (κ3) is 5.39. The highest BCUT2D eigenvalue weighted by atomic mass is 35.5. The van der Waals surface area contributed by atoms with E-state index in [1.165, 1.54) is 24.3 Å². The minimum Gasteiger partial charge on any atom is -0.481 e. The van der Waals surface area contributed by atoms with Gasteiger partial charge in [-0.2, -0.15) is 0 Å². The molecule has 6 heteroatoms. The average molecular weight is 330 g/mol. The summed E-state index contributed by atoms with van der Waals surface area (Å²) in [7, 11) is 0. The van der Waals surface area contributed by atoms with Crippen molar-refractivity contribution in [3.8, 4) is 0 Å². The Hall–Kier alpha value is -1.46. The predicted octanol–water partition coefficient (Wildman–Crippen LogP) is 3.01. The number of Topliss-reactive ketones (excluding diaryl/α,β-unsaturated/α-hetero) is 1. The molecular formula is C16H21ClFNO3. The topological polar surface area (TPSA) is 57.6 Å². The first kappa shape index (κ1) is 18.6. The highest BCUT2D eigenvalue weighted by Crippen LogP contribution is 2.21. The second kappa shape index (κ2) is 8.86. The Bertz CT molecular complexity index is 507. The molecule has 2 rings (SSSR count). The van der Waals surface area contributed by atoms with Gasteiger partial charge in [-0.3, -0.25) is 9.59 Å². The van der Waals surface area contributed by atoms with Crippen molar-refractivity contribution in [3.05, 3.63) is 35.6 Å². The molecule has 1 atom stereocenters. The van der Waals surface area contributed by atoms with Gasteiger partial charge >= 0.3 is 5.97 Å². The zero-order chi connectivity index (χ0) is 15.2. The standard InChI is InChI=1S/C16H20FNO3.ClH/c17-14-7-5-12(6-8-14)16(21)13-3-1-9-18(11-13)10-2-4-15(19)20;/h5-8,13H,1-4,9-11H2,(H,19,20);1H. The van der Waals surface area contributed by atoms with Crippen molar-refractivity contribution in [3.63, 3.8) is 0 Å². The van der Waals surface area contributed by atoms with Gasteiger partial charge in [0.15, 0.2) is 5.78 Å². The van der Waals surface area contributed by atoms with Gasteiger partial charge in [0, 0.05) is 24.4 Å². The minimum absolute atomic E-state index is 0. The van der Waals surface area contributed by atoms with Gasteiger partial charge in [0.05, 0.1) is 0 Å². The molecule has 0 radical (unpaired) electrons. The maximum atomic E-state index is 12.9. The molecule has 0 spiro atoms. The maximum absolute atomic E-state index is 12.9. The zero-order valence-corrected chi connectivity index (χ0v) is 13.2. The van der Waals surface area contributed by atoms with Crippen molar-refractivity contribution in [2.24, 2.45) is 5.92 Å². The van der Waals surface area contributed by atoms with Crippen LogP contribution in [0.5, 0.6) is 0 Å². The Balaban J connectivity index is 0.00000242. The number of carbonyl (C=O) groups excluding carboxylic acids is 1. The van der Waals surface area contributed by atoms with Gasteiger partial charge < -0.3 is 10.0 Å². The van der Waals surface area contributed by atoms with Crippen LogP contribution in [0.4, 0.5) is 4.39 Å². The molecule has 122 valence electrons. The second-order valence-corrected chi connectivity index (χ2v) is 5.51. The van der Waals surface area contributed by atoms with Crippen LogP contribution in [0.25, 0.3) is 0 Å². The number of rotatable bonds is 6. The van der Waals surface area contributed by atoms with Crippen LogP contribution in [0.1, 0.15) is 36.0 Å². The quantitative estimate of drug-likeness (QED) is 0.815. The number of halogens is 2. The first-order chi connectivity index (χ1) is 10.1. The lowest BCUT2D eigenvalue weighted by Crippen LogP contribution is -2.39. The van der Waals surface area contributed by atoms with Crippen LogP contribution in [0.15, 0.2) is 24.3 Å². The number of carbonyl (C=O) groups is 2. The number of benzene rings is 1. The van der Waals surface area contributed by atoms with Crippen molar-refractivity contribution >= 4 is 24.2 Å². The monoisotopic (exact) mass is 329 g/mol. The lowest BCUT2D eigenvalue weighted by molar-refractivity contribution is -0.137. The van der Waals surface area contributed by atoms with E-state index >= 15 is 0 Å². The number of carboxylic acid groups (broad SMARTS) is 1. The molecule has 1 aromatic rings. The van der Waals surface area contributed by atoms with Gasteiger partial charge in [-0.25, -0.2) is 4.39 Å². The summed E-state index contributed by atoms with van der Waals surface area (Å²) in [6.45, 7) is 2.28. The van der Waals surface area contributed by atoms with Crippen LogP contribution in [0, 0.1) is 11.7 Å². The highest BCUT2D eigenvalue weighted by Gasteiger charge is 2.26. The molecule has 1 unspecified atom stereocenters. The van der Waals surface area contributed by atoms with E-state index in [0.717, 1.165) is 19.4 Å². The molecule has 1 aromatic carbocycles. The molecule has 1 fully saturated rings. The lowest BCUT2D eigenvalue weighted by Gasteiger charge is -2.31. The van der Waals surface area contributed by atoms with Crippen LogP contribution in [0.3, 0.4) is 0 Å². The van der Waals surface area contributed by atoms with Crippen LogP contribution in [-0.2, 0) is 4.79 Å². The maximum Gasteiger partial charge on any atom is 0.303 e. The van der Waals surface area contributed by atoms with Gasteiger partial charge in [0.25, 0.3) is 0 Å². The molecule has 1 saturated heterocycles. The van der Waals surface area contributed by atoms with Crippen molar-refractivity contribution in [2.45, 2.75) is 25.7 Å². The Morgan fingerprint density at radius 2 is 1.95 bits per heavy atom. The number of hydrogen-bond donors (Lipinski definition) is 1. The summed E-state index contributed by atoms with van der Waals surface area (Å²) in [5, 5.41) is 8.65. The van der Waals surface area contributed by atoms with Gasteiger partial charge in [-0.1, -0.05) is 0 Å². The summed E-state index contributed by atoms with van der Waals surface area (Å²) in [4.78, 5) is 25.1. The third-order valence-electron chi connectivity index (χ3n) is 3.87. The fourth-order valence-electron chi connectivity index (χ4n) is 2.78. The Morgan fingerprint density at radius 1 is 1.27 bits per heavy atom. The van der Waals surface area contributed by atoms with Crippen molar-refractivity contribution in [1.29, 1.82) is 0 Å². The summed E-state index contributed by atoms with van der Waals surface area (Å²) < 4.78 is 12.9. The number of hydrogen-bond acceptors (Lipinski definition) is 3. The minimum atomic E-state index is -0.786. The fourth-order valence-corrected chi connectivity index (χ4v) is 2.78. The summed E-state index contributed by atoms with van der Waals surface area (Å²) in [6, 6.07) is 5.67. The molecule has 1 heterocycles. The van der Waals surface area contributed by atoms with E-state index in [9.17, 15) is 14.0 Å². The summed E-state index contributed by atoms with van der Waals surface area (Å²) in [5.41, 5.74) is 0.550. The number of piperidine rings is 1. The van der Waals surface area contributed by atoms with E-state index in [-0.39, 0.29) is 36.3 Å². The molecule has 0 saturated carbocycles. The van der Waals surface area contributed by atoms with Gasteiger partial charge in [0.2, 0.25) is 0 Å². The third-order valence-corrected chi connectivity index (χ3v) is 3.87. The number of aliphatic carboxylic acids is 1. The highest BCUT2D eigenvalue weighted by molar-refractivity contribution is 5.98. The van der Waals surface area contributed by atoms with Gasteiger partial charge in [-0.05, 0) is 56.6 Å². The van der Waals surface area contributed by atoms with E-state index < -0.39 is 5.97 Å². The van der Waals surface area contributed by atoms with E-state index in [1.807, 2.05) is 0 Å². The largest absolute Gasteiger partial charge is 0.481 e. The molecule has 22 heavy (non-hydrogen) atoms. The molecule has 0 bridgehead atoms. The smallest absolute Gasteiger partial charge is 0.303 e. The van der Waals surface area contributed by atoms with Crippen LogP contribution >= 0.6 is 12.4 Å². The summed E-state index contributed by atoms with van der Waals surface area (Å²) >= 11 is 0. The lowest BCUT2D eigenvalue weighted by atomic mass is 9.90. The first-order valence-corrected chi connectivity index (χ1v) is 7.30. The number of ketones is 1. The predicted molar refractivity (Wildman–Crippen MR) is 84.0 cm³/mol. The molecule has 0 aromatic heterocycles. The molecule has 1 aliphatic rings. The molecular weight excluding hydrogens is 309 g/mol. The molecule has 4 nitrogen and oxygen atoms in total. The van der Waals surface area contributed by atoms with E-state index in [0.29, 0.717) is 25.1 Å². The Morgan fingerprint density at radius 3 is 2.59 bits per heavy atom. The van der Waals surface area contributed by atoms with Crippen molar-refractivity contribution in [1.82, 2.24) is 4.90 Å². The second-order valence-electron chi connectivity index (χ2n) is 5.51. The van der Waals surface area contributed by atoms with E-state index in [1.54, 1.807) is 0 Å². The van der Waals surface area contributed by atoms with Crippen LogP contribution < -0.4 is 0 Å². The first-order valence-electron chi connectivity index (χ1n) is 7.30. The van der Waals surface area contributed by atoms with Gasteiger partial charge in [-0.15, -0.1) is 12.4 Å². The fraction of sp³-hybridized carbons (Fsp3) is 0.500. The normalized spacial score (nSPS) is 18.5. The molecule has 0 aliphatic carbocycles. The molecule has 1 N–H and O–H groups in total.